The smallest absolute Gasteiger partial charge is 0.312 e. The Bertz CT molecular complexity index is 809. The third-order valence-corrected chi connectivity index (χ3v) is 5.81. The minimum absolute atomic E-state index is 0.0955. The second kappa shape index (κ2) is 7.27. The van der Waals surface area contributed by atoms with E-state index in [2.05, 4.69) is 13.8 Å². The molecule has 3 rings (SSSR count). The lowest BCUT2D eigenvalue weighted by Gasteiger charge is -2.07. The van der Waals surface area contributed by atoms with Crippen molar-refractivity contribution >= 4 is 27.9 Å². The van der Waals surface area contributed by atoms with Gasteiger partial charge in [0.2, 0.25) is 0 Å². The minimum atomic E-state index is -3.80. The third-order valence-electron chi connectivity index (χ3n) is 3.54. The van der Waals surface area contributed by atoms with Crippen molar-refractivity contribution in [3.05, 3.63) is 24.3 Å². The van der Waals surface area contributed by atoms with Gasteiger partial charge < -0.3 is 9.64 Å². The molecule has 24 heavy (non-hydrogen) atoms. The first-order valence-corrected chi connectivity index (χ1v) is 9.91. The second-order valence-electron chi connectivity index (χ2n) is 5.28. The van der Waals surface area contributed by atoms with Gasteiger partial charge in [-0.15, -0.1) is 4.40 Å². The van der Waals surface area contributed by atoms with Crippen molar-refractivity contribution in [2.45, 2.75) is 24.1 Å². The summed E-state index contributed by atoms with van der Waals surface area (Å²) in [4.78, 5) is 6.01. The molecular weight excluding hydrogens is 348 g/mol. The van der Waals surface area contributed by atoms with Crippen LogP contribution in [0.4, 0.5) is 0 Å². The van der Waals surface area contributed by atoms with Crippen molar-refractivity contribution in [2.75, 3.05) is 19.7 Å². The third kappa shape index (κ3) is 3.90. The van der Waals surface area contributed by atoms with Crippen LogP contribution in [0.5, 0.6) is 5.75 Å². The Morgan fingerprint density at radius 1 is 1.29 bits per heavy atom. The normalized spacial score (nSPS) is 15.3. The lowest BCUT2D eigenvalue weighted by molar-refractivity contribution is 0.340. The number of benzene rings is 1. The first kappa shape index (κ1) is 16.8. The fourth-order valence-corrected chi connectivity index (χ4v) is 3.93. The summed E-state index contributed by atoms with van der Waals surface area (Å²) >= 11 is 0.836. The van der Waals surface area contributed by atoms with Gasteiger partial charge in [0, 0.05) is 30.2 Å². The fourth-order valence-electron chi connectivity index (χ4n) is 2.33. The van der Waals surface area contributed by atoms with Crippen LogP contribution in [-0.4, -0.2) is 48.7 Å². The van der Waals surface area contributed by atoms with Crippen LogP contribution in [0.15, 0.2) is 33.0 Å². The molecule has 0 spiro atoms. The predicted octanol–water partition coefficient (Wildman–Crippen LogP) is 2.42. The number of hydrogen-bond donors (Lipinski definition) is 0. The molecule has 9 heteroatoms. The molecule has 128 valence electrons. The summed E-state index contributed by atoms with van der Waals surface area (Å²) in [5, 5.41) is 0. The Morgan fingerprint density at radius 2 is 2.00 bits per heavy atom. The number of ether oxygens (including phenoxy) is 1. The largest absolute Gasteiger partial charge is 0.494 e. The summed E-state index contributed by atoms with van der Waals surface area (Å²) in [5.41, 5.74) is 0.736. The van der Waals surface area contributed by atoms with Crippen molar-refractivity contribution < 1.29 is 13.2 Å². The zero-order valence-electron chi connectivity index (χ0n) is 13.3. The number of hydrogen-bond acceptors (Lipinski definition) is 6. The van der Waals surface area contributed by atoms with E-state index in [1.54, 1.807) is 24.3 Å². The maximum Gasteiger partial charge on any atom is 0.312 e. The number of sulfonamides is 1. The highest BCUT2D eigenvalue weighted by atomic mass is 32.2. The van der Waals surface area contributed by atoms with E-state index in [0.717, 1.165) is 48.8 Å². The number of nitrogens with zero attached hydrogens (tertiary/aromatic N) is 4. The SMILES string of the molecule is CCOc1ccc(-c2nsc(S(=O)(=O)/N=C/N3CCCC3)n2)cc1. The van der Waals surface area contributed by atoms with Gasteiger partial charge in [-0.25, -0.2) is 4.98 Å². The molecule has 1 aromatic carbocycles. The Hall–Kier alpha value is -2.00. The number of rotatable bonds is 6. The van der Waals surface area contributed by atoms with Crippen LogP contribution >= 0.6 is 11.5 Å². The first-order valence-electron chi connectivity index (χ1n) is 7.70. The molecule has 1 aliphatic rings. The highest BCUT2D eigenvalue weighted by molar-refractivity contribution is 7.92. The van der Waals surface area contributed by atoms with Crippen molar-refractivity contribution in [1.82, 2.24) is 14.3 Å². The van der Waals surface area contributed by atoms with Crippen LogP contribution < -0.4 is 4.74 Å². The zero-order chi connectivity index (χ0) is 17.0. The summed E-state index contributed by atoms with van der Waals surface area (Å²) in [6, 6.07) is 7.22. The van der Waals surface area contributed by atoms with E-state index >= 15 is 0 Å². The van der Waals surface area contributed by atoms with Crippen LogP contribution in [0, 0.1) is 0 Å². The molecule has 1 aromatic heterocycles. The quantitative estimate of drug-likeness (QED) is 0.576. The molecular formula is C15H18N4O3S2. The summed E-state index contributed by atoms with van der Waals surface area (Å²) in [6.07, 6.45) is 3.51. The Labute approximate surface area is 145 Å². The Morgan fingerprint density at radius 3 is 2.67 bits per heavy atom. The molecule has 0 radical (unpaired) electrons. The van der Waals surface area contributed by atoms with Crippen molar-refractivity contribution in [1.29, 1.82) is 0 Å². The van der Waals surface area contributed by atoms with Gasteiger partial charge >= 0.3 is 10.0 Å². The minimum Gasteiger partial charge on any atom is -0.494 e. The molecule has 0 aliphatic carbocycles. The highest BCUT2D eigenvalue weighted by Crippen LogP contribution is 2.24. The molecule has 2 heterocycles. The lowest BCUT2D eigenvalue weighted by Crippen LogP contribution is -2.17. The molecule has 7 nitrogen and oxygen atoms in total. The standard InChI is InChI=1S/C15H18N4O3S2/c1-2-22-13-7-5-12(6-8-13)14-17-15(23-18-14)24(20,21)16-11-19-9-3-4-10-19/h5-8,11H,2-4,9-10H2,1H3/b16-11+. The monoisotopic (exact) mass is 366 g/mol. The zero-order valence-corrected chi connectivity index (χ0v) is 14.9. The van der Waals surface area contributed by atoms with Crippen LogP contribution in [0.2, 0.25) is 0 Å². The van der Waals surface area contributed by atoms with E-state index < -0.39 is 10.0 Å². The molecule has 0 unspecified atom stereocenters. The molecule has 0 atom stereocenters. The lowest BCUT2D eigenvalue weighted by atomic mass is 10.2. The fraction of sp³-hybridized carbons (Fsp3) is 0.400. The average Bonchev–Trinajstić information content (AvgIpc) is 3.26. The van der Waals surface area contributed by atoms with Gasteiger partial charge in [-0.1, -0.05) is 0 Å². The van der Waals surface area contributed by atoms with Gasteiger partial charge in [-0.2, -0.15) is 12.8 Å². The van der Waals surface area contributed by atoms with Crippen LogP contribution in [0.1, 0.15) is 19.8 Å². The van der Waals surface area contributed by atoms with E-state index in [1.165, 1.54) is 6.34 Å². The predicted molar refractivity (Wildman–Crippen MR) is 93.0 cm³/mol. The summed E-state index contributed by atoms with van der Waals surface area (Å²) in [7, 11) is -3.80. The van der Waals surface area contributed by atoms with E-state index in [0.29, 0.717) is 12.4 Å². The second-order valence-corrected chi connectivity index (χ2v) is 7.84. The summed E-state index contributed by atoms with van der Waals surface area (Å²) in [6.45, 7) is 4.18. The van der Waals surface area contributed by atoms with Gasteiger partial charge in [0.25, 0.3) is 4.34 Å². The average molecular weight is 366 g/mol. The number of likely N-dealkylation sites (tertiary alicyclic amines) is 1. The van der Waals surface area contributed by atoms with Crippen LogP contribution in [0.3, 0.4) is 0 Å². The Balaban J connectivity index is 1.76. The van der Waals surface area contributed by atoms with Gasteiger partial charge in [0.05, 0.1) is 6.61 Å². The molecule has 0 saturated carbocycles. The van der Waals surface area contributed by atoms with E-state index in [-0.39, 0.29) is 4.34 Å². The van der Waals surface area contributed by atoms with Gasteiger partial charge in [-0.3, -0.25) is 0 Å². The summed E-state index contributed by atoms with van der Waals surface area (Å²) in [5.74, 6) is 1.12. The molecule has 0 N–H and O–H groups in total. The highest BCUT2D eigenvalue weighted by Gasteiger charge is 2.20. The molecule has 1 saturated heterocycles. The van der Waals surface area contributed by atoms with Gasteiger partial charge in [-0.05, 0) is 44.0 Å². The van der Waals surface area contributed by atoms with E-state index in [4.69, 9.17) is 4.74 Å². The molecule has 1 aliphatic heterocycles. The van der Waals surface area contributed by atoms with E-state index in [1.807, 2.05) is 11.8 Å². The summed E-state index contributed by atoms with van der Waals surface area (Å²) < 4.78 is 37.6. The molecule has 2 aromatic rings. The molecule has 0 bridgehead atoms. The van der Waals surface area contributed by atoms with Crippen molar-refractivity contribution in [2.24, 2.45) is 4.40 Å². The molecule has 1 fully saturated rings. The first-order chi connectivity index (χ1) is 11.6. The van der Waals surface area contributed by atoms with E-state index in [9.17, 15) is 8.42 Å². The number of aromatic nitrogens is 2. The topological polar surface area (TPSA) is 84.8 Å². The van der Waals surface area contributed by atoms with Gasteiger partial charge in [0.15, 0.2) is 5.82 Å². The maximum absolute atomic E-state index is 12.2. The van der Waals surface area contributed by atoms with Crippen molar-refractivity contribution in [3.8, 4) is 17.1 Å². The van der Waals surface area contributed by atoms with Crippen LogP contribution in [-0.2, 0) is 10.0 Å². The van der Waals surface area contributed by atoms with Crippen molar-refractivity contribution in [3.63, 3.8) is 0 Å². The Kier molecular flexibility index (Phi) is 5.10. The van der Waals surface area contributed by atoms with Crippen LogP contribution in [0.25, 0.3) is 11.4 Å². The molecule has 0 amide bonds. The maximum atomic E-state index is 12.2. The van der Waals surface area contributed by atoms with Gasteiger partial charge in [0.1, 0.15) is 12.1 Å².